The first kappa shape index (κ1) is 12.6. The molecule has 0 spiro atoms. The molecule has 5 nitrogen and oxygen atoms in total. The minimum Gasteiger partial charge on any atom is -0.361 e. The van der Waals surface area contributed by atoms with E-state index >= 15 is 0 Å². The van der Waals surface area contributed by atoms with E-state index in [1.54, 1.807) is 0 Å². The van der Waals surface area contributed by atoms with Crippen LogP contribution in [0.25, 0.3) is 10.9 Å². The van der Waals surface area contributed by atoms with Gasteiger partial charge < -0.3 is 9.78 Å². The maximum absolute atomic E-state index is 10.3. The smallest absolute Gasteiger partial charge is 0.299 e. The Morgan fingerprint density at radius 2 is 1.94 bits per heavy atom. The van der Waals surface area contributed by atoms with Gasteiger partial charge in [0.15, 0.2) is 0 Å². The summed E-state index contributed by atoms with van der Waals surface area (Å²) in [5.41, 5.74) is 2.16. The van der Waals surface area contributed by atoms with Gasteiger partial charge in [-0.25, -0.2) is 0 Å². The van der Waals surface area contributed by atoms with Crippen molar-refractivity contribution in [3.8, 4) is 0 Å². The van der Waals surface area contributed by atoms with Crippen LogP contribution in [0.2, 0.25) is 0 Å². The van der Waals surface area contributed by atoms with Crippen molar-refractivity contribution in [2.45, 2.75) is 6.42 Å². The number of carbonyl (C=O) groups excluding carboxylic acids is 1. The fourth-order valence-electron chi connectivity index (χ4n) is 1.39. The molecule has 1 heterocycles. The van der Waals surface area contributed by atoms with E-state index in [2.05, 4.69) is 4.98 Å². The van der Waals surface area contributed by atoms with E-state index in [1.807, 2.05) is 30.5 Å². The molecule has 1 aromatic carbocycles. The Morgan fingerprint density at radius 3 is 2.56 bits per heavy atom. The third-order valence-electron chi connectivity index (χ3n) is 1.98. The molecule has 1 aromatic heterocycles. The SMILES string of the molecule is O=CCc1c[nH]c2ccccc12.O=S(O)O. The molecule has 2 aromatic rings. The predicted octanol–water partition coefficient (Wildman–Crippen LogP) is 1.59. The van der Waals surface area contributed by atoms with Gasteiger partial charge in [0, 0.05) is 23.5 Å². The summed E-state index contributed by atoms with van der Waals surface area (Å²) in [6.07, 6.45) is 3.30. The van der Waals surface area contributed by atoms with Crippen molar-refractivity contribution in [2.24, 2.45) is 0 Å². The highest BCUT2D eigenvalue weighted by Gasteiger charge is 2.00. The van der Waals surface area contributed by atoms with E-state index in [4.69, 9.17) is 13.3 Å². The first-order valence-electron chi connectivity index (χ1n) is 4.43. The molecule has 16 heavy (non-hydrogen) atoms. The summed E-state index contributed by atoms with van der Waals surface area (Å²) >= 11 is -2.61. The monoisotopic (exact) mass is 241 g/mol. The summed E-state index contributed by atoms with van der Waals surface area (Å²) in [6.45, 7) is 0. The topological polar surface area (TPSA) is 90.4 Å². The molecule has 0 atom stereocenters. The van der Waals surface area contributed by atoms with Gasteiger partial charge in [-0.3, -0.25) is 9.11 Å². The van der Waals surface area contributed by atoms with Crippen LogP contribution in [0.15, 0.2) is 30.5 Å². The molecule has 0 aliphatic rings. The highest BCUT2D eigenvalue weighted by molar-refractivity contribution is 7.73. The summed E-state index contributed by atoms with van der Waals surface area (Å²) in [6, 6.07) is 7.97. The molecule has 0 amide bonds. The lowest BCUT2D eigenvalue weighted by Crippen LogP contribution is -1.81. The maximum atomic E-state index is 10.3. The largest absolute Gasteiger partial charge is 0.361 e. The van der Waals surface area contributed by atoms with Crippen molar-refractivity contribution in [1.82, 2.24) is 4.98 Å². The number of hydrogen-bond donors (Lipinski definition) is 3. The van der Waals surface area contributed by atoms with Crippen LogP contribution >= 0.6 is 0 Å². The van der Waals surface area contributed by atoms with Crippen LogP contribution in [0.1, 0.15) is 5.56 Å². The molecule has 86 valence electrons. The first-order chi connectivity index (χ1) is 7.65. The van der Waals surface area contributed by atoms with Crippen LogP contribution < -0.4 is 0 Å². The molecule has 0 bridgehead atoms. The lowest BCUT2D eigenvalue weighted by Gasteiger charge is -1.90. The molecule has 0 aliphatic carbocycles. The maximum Gasteiger partial charge on any atom is 0.299 e. The van der Waals surface area contributed by atoms with Crippen LogP contribution in [0, 0.1) is 0 Å². The van der Waals surface area contributed by atoms with E-state index in [-0.39, 0.29) is 0 Å². The van der Waals surface area contributed by atoms with E-state index < -0.39 is 11.4 Å². The normalized spacial score (nSPS) is 9.94. The second-order valence-corrected chi connectivity index (χ2v) is 3.42. The number of fused-ring (bicyclic) bond motifs is 1. The lowest BCUT2D eigenvalue weighted by atomic mass is 10.1. The fourth-order valence-corrected chi connectivity index (χ4v) is 1.39. The van der Waals surface area contributed by atoms with E-state index in [0.717, 1.165) is 22.8 Å². The van der Waals surface area contributed by atoms with Gasteiger partial charge in [0.2, 0.25) is 0 Å². The van der Waals surface area contributed by atoms with Crippen molar-refractivity contribution in [3.05, 3.63) is 36.0 Å². The lowest BCUT2D eigenvalue weighted by molar-refractivity contribution is -0.107. The van der Waals surface area contributed by atoms with Gasteiger partial charge in [-0.2, -0.15) is 4.21 Å². The van der Waals surface area contributed by atoms with E-state index in [1.165, 1.54) is 0 Å². The molecule has 0 fully saturated rings. The highest BCUT2D eigenvalue weighted by Crippen LogP contribution is 2.16. The van der Waals surface area contributed by atoms with Crippen molar-refractivity contribution in [3.63, 3.8) is 0 Å². The number of nitrogens with one attached hydrogen (secondary N) is 1. The zero-order valence-electron chi connectivity index (χ0n) is 8.29. The standard InChI is InChI=1S/C10H9NO.H2O3S/c12-6-5-8-7-11-10-4-2-1-3-9(8)10;1-4(2)3/h1-4,6-7,11H,5H2;(H2,1,2,3). The average Bonchev–Trinajstić information content (AvgIpc) is 2.62. The second-order valence-electron chi connectivity index (χ2n) is 2.96. The Balaban J connectivity index is 0.000000280. The summed E-state index contributed by atoms with van der Waals surface area (Å²) in [4.78, 5) is 13.4. The molecule has 2 rings (SSSR count). The van der Waals surface area contributed by atoms with Crippen LogP contribution in [-0.4, -0.2) is 24.6 Å². The summed E-state index contributed by atoms with van der Waals surface area (Å²) in [5, 5.41) is 1.14. The van der Waals surface area contributed by atoms with E-state index in [0.29, 0.717) is 6.42 Å². The molecule has 0 saturated heterocycles. The Morgan fingerprint density at radius 1 is 1.31 bits per heavy atom. The van der Waals surface area contributed by atoms with Crippen molar-refractivity contribution < 1.29 is 18.1 Å². The van der Waals surface area contributed by atoms with Crippen LogP contribution in [-0.2, 0) is 22.6 Å². The van der Waals surface area contributed by atoms with Crippen molar-refractivity contribution >= 4 is 28.6 Å². The summed E-state index contributed by atoms with van der Waals surface area (Å²) in [7, 11) is 0. The minimum atomic E-state index is -2.61. The number of carbonyl (C=O) groups is 1. The molecular formula is C10H11NO4S. The Hall–Kier alpha value is -1.50. The number of para-hydroxylation sites is 1. The third-order valence-corrected chi connectivity index (χ3v) is 1.98. The van der Waals surface area contributed by atoms with Crippen molar-refractivity contribution in [2.75, 3.05) is 0 Å². The molecule has 6 heteroatoms. The van der Waals surface area contributed by atoms with Crippen molar-refractivity contribution in [1.29, 1.82) is 0 Å². The molecule has 0 unspecified atom stereocenters. The second kappa shape index (κ2) is 6.16. The molecule has 0 aliphatic heterocycles. The molecule has 3 N–H and O–H groups in total. The van der Waals surface area contributed by atoms with Gasteiger partial charge >= 0.3 is 0 Å². The number of aromatic amines is 1. The highest BCUT2D eigenvalue weighted by atomic mass is 32.2. The first-order valence-corrected chi connectivity index (χ1v) is 5.50. The minimum absolute atomic E-state index is 0.490. The number of H-pyrrole nitrogens is 1. The van der Waals surface area contributed by atoms with Gasteiger partial charge in [0.25, 0.3) is 11.4 Å². The molecular weight excluding hydrogens is 230 g/mol. The number of aromatic nitrogens is 1. The quantitative estimate of drug-likeness (QED) is 0.550. The van der Waals surface area contributed by atoms with Gasteiger partial charge in [-0.1, -0.05) is 18.2 Å². The van der Waals surface area contributed by atoms with Crippen LogP contribution in [0.5, 0.6) is 0 Å². The average molecular weight is 241 g/mol. The molecule has 0 saturated carbocycles. The predicted molar refractivity (Wildman–Crippen MR) is 61.5 cm³/mol. The number of hydrogen-bond acceptors (Lipinski definition) is 2. The van der Waals surface area contributed by atoms with Gasteiger partial charge in [-0.15, -0.1) is 0 Å². The van der Waals surface area contributed by atoms with Gasteiger partial charge in [-0.05, 0) is 11.6 Å². The number of rotatable bonds is 2. The van der Waals surface area contributed by atoms with Gasteiger partial charge in [0.1, 0.15) is 6.29 Å². The fraction of sp³-hybridized carbons (Fsp3) is 0.100. The van der Waals surface area contributed by atoms with E-state index in [9.17, 15) is 4.79 Å². The Kier molecular flexibility index (Phi) is 4.84. The number of benzene rings is 1. The van der Waals surface area contributed by atoms with Crippen LogP contribution in [0.4, 0.5) is 0 Å². The number of aldehydes is 1. The van der Waals surface area contributed by atoms with Crippen LogP contribution in [0.3, 0.4) is 0 Å². The molecule has 0 radical (unpaired) electrons. The summed E-state index contributed by atoms with van der Waals surface area (Å²) in [5.74, 6) is 0. The Bertz CT molecular complexity index is 490. The zero-order chi connectivity index (χ0) is 12.0. The Labute approximate surface area is 94.6 Å². The zero-order valence-corrected chi connectivity index (χ0v) is 9.11. The van der Waals surface area contributed by atoms with Gasteiger partial charge in [0.05, 0.1) is 0 Å². The third kappa shape index (κ3) is 3.58. The summed E-state index contributed by atoms with van der Waals surface area (Å²) < 4.78 is 22.8.